The summed E-state index contributed by atoms with van der Waals surface area (Å²) in [4.78, 5) is 18.3. The molecule has 1 fully saturated rings. The number of fused-ring (bicyclic) bond motifs is 1. The number of hydrogen-bond acceptors (Lipinski definition) is 7. The first-order chi connectivity index (χ1) is 17.2. The van der Waals surface area contributed by atoms with Gasteiger partial charge in [-0.15, -0.1) is 0 Å². The summed E-state index contributed by atoms with van der Waals surface area (Å²) >= 11 is 0. The van der Waals surface area contributed by atoms with Gasteiger partial charge in [0, 0.05) is 85.8 Å². The highest BCUT2D eigenvalue weighted by atomic mass is 16.5. The Kier molecular flexibility index (Phi) is 6.65. The molecule has 0 aliphatic carbocycles. The number of likely N-dealkylation sites (N-methyl/N-ethyl adjacent to an activating group) is 1. The smallest absolute Gasteiger partial charge is 0.213 e. The lowest BCUT2D eigenvalue weighted by atomic mass is 10.0. The van der Waals surface area contributed by atoms with Crippen molar-refractivity contribution in [2.24, 2.45) is 0 Å². The molecule has 4 aromatic rings. The maximum Gasteiger partial charge on any atom is 0.213 e. The minimum Gasteiger partial charge on any atom is -0.476 e. The van der Waals surface area contributed by atoms with Crippen molar-refractivity contribution in [1.29, 1.82) is 0 Å². The van der Waals surface area contributed by atoms with E-state index in [9.17, 15) is 0 Å². The Balaban J connectivity index is 1.30. The number of nitrogens with zero attached hydrogens (tertiary/aromatic N) is 7. The fraction of sp³-hybridized carbons (Fsp3) is 0.259. The van der Waals surface area contributed by atoms with Gasteiger partial charge in [0.05, 0.1) is 11.9 Å². The fourth-order valence-corrected chi connectivity index (χ4v) is 4.30. The van der Waals surface area contributed by atoms with Crippen LogP contribution in [0.5, 0.6) is 5.88 Å². The van der Waals surface area contributed by atoms with E-state index < -0.39 is 0 Å². The zero-order valence-corrected chi connectivity index (χ0v) is 20.0. The van der Waals surface area contributed by atoms with Crippen LogP contribution in [0.15, 0.2) is 62.3 Å². The van der Waals surface area contributed by atoms with Crippen molar-refractivity contribution >= 4 is 17.8 Å². The lowest BCUT2D eigenvalue weighted by molar-refractivity contribution is 0.132. The Labute approximate surface area is 205 Å². The third-order valence-corrected chi connectivity index (χ3v) is 6.39. The van der Waals surface area contributed by atoms with Crippen molar-refractivity contribution < 1.29 is 4.74 Å². The molecule has 178 valence electrons. The molecule has 0 aromatic carbocycles. The molecule has 8 heteroatoms. The van der Waals surface area contributed by atoms with Gasteiger partial charge in [0.15, 0.2) is 5.65 Å². The normalized spacial score (nSPS) is 14.8. The first-order valence-corrected chi connectivity index (χ1v) is 11.7. The third-order valence-electron chi connectivity index (χ3n) is 6.39. The number of ether oxygens (including phenoxy) is 1. The molecule has 5 heterocycles. The van der Waals surface area contributed by atoms with Gasteiger partial charge in [-0.25, -0.2) is 14.5 Å². The Hall–Kier alpha value is -3.88. The van der Waals surface area contributed by atoms with Gasteiger partial charge >= 0.3 is 0 Å². The van der Waals surface area contributed by atoms with E-state index in [-0.39, 0.29) is 0 Å². The predicted molar refractivity (Wildman–Crippen MR) is 139 cm³/mol. The molecule has 0 unspecified atom stereocenters. The molecule has 1 aliphatic rings. The number of piperazine rings is 1. The van der Waals surface area contributed by atoms with Crippen molar-refractivity contribution in [3.05, 3.63) is 73.6 Å². The van der Waals surface area contributed by atoms with Crippen LogP contribution >= 0.6 is 0 Å². The minimum absolute atomic E-state index is 0.631. The van der Waals surface area contributed by atoms with Gasteiger partial charge in [0.2, 0.25) is 5.88 Å². The van der Waals surface area contributed by atoms with Gasteiger partial charge in [-0.05, 0) is 30.8 Å². The molecule has 0 radical (unpaired) electrons. The Bertz CT molecular complexity index is 1340. The van der Waals surface area contributed by atoms with Crippen LogP contribution in [0.2, 0.25) is 0 Å². The summed E-state index contributed by atoms with van der Waals surface area (Å²) < 4.78 is 7.65. The third kappa shape index (κ3) is 4.84. The van der Waals surface area contributed by atoms with Crippen molar-refractivity contribution in [2.75, 3.05) is 46.4 Å². The zero-order chi connectivity index (χ0) is 24.2. The average Bonchev–Trinajstić information content (AvgIpc) is 3.33. The van der Waals surface area contributed by atoms with Gasteiger partial charge in [0.25, 0.3) is 0 Å². The monoisotopic (exact) mass is 467 g/mol. The highest BCUT2D eigenvalue weighted by Crippen LogP contribution is 2.30. The van der Waals surface area contributed by atoms with Crippen LogP contribution in [-0.2, 0) is 0 Å². The first kappa shape index (κ1) is 22.9. The maximum absolute atomic E-state index is 5.87. The number of aromatic nitrogens is 5. The second kappa shape index (κ2) is 10.2. The quantitative estimate of drug-likeness (QED) is 0.391. The topological polar surface area (TPSA) is 71.7 Å². The molecule has 0 amide bonds. The molecule has 0 N–H and O–H groups in total. The maximum atomic E-state index is 5.87. The molecule has 8 nitrogen and oxygen atoms in total. The van der Waals surface area contributed by atoms with Gasteiger partial charge in [0.1, 0.15) is 6.61 Å². The summed E-state index contributed by atoms with van der Waals surface area (Å²) in [7, 11) is 2.16. The first-order valence-electron chi connectivity index (χ1n) is 11.7. The molecular formula is C27H29N7O. The van der Waals surface area contributed by atoms with Crippen LogP contribution < -0.4 is 4.74 Å². The molecular weight excluding hydrogens is 438 g/mol. The molecule has 5 rings (SSSR count). The average molecular weight is 468 g/mol. The van der Waals surface area contributed by atoms with Crippen molar-refractivity contribution in [1.82, 2.24) is 34.4 Å². The highest BCUT2D eigenvalue weighted by Gasteiger charge is 2.15. The van der Waals surface area contributed by atoms with E-state index in [1.165, 1.54) is 0 Å². The SMILES string of the molecule is C=Cc1nccc(-c2cnn3cc(-c4ccc(OCCN5CCN(C)CC5)nc4)cnc23)c1C=C. The molecule has 4 aromatic heterocycles. The van der Waals surface area contributed by atoms with Crippen LogP contribution in [0, 0.1) is 0 Å². The van der Waals surface area contributed by atoms with Gasteiger partial charge < -0.3 is 9.64 Å². The van der Waals surface area contributed by atoms with Crippen LogP contribution in [-0.4, -0.2) is 80.7 Å². The van der Waals surface area contributed by atoms with Crippen molar-refractivity contribution in [2.45, 2.75) is 0 Å². The lowest BCUT2D eigenvalue weighted by Gasteiger charge is -2.32. The summed E-state index contributed by atoms with van der Waals surface area (Å²) in [5, 5.41) is 4.54. The number of rotatable bonds is 8. The number of pyridine rings is 2. The van der Waals surface area contributed by atoms with E-state index in [1.54, 1.807) is 22.9 Å². The second-order valence-corrected chi connectivity index (χ2v) is 8.61. The van der Waals surface area contributed by atoms with Crippen LogP contribution in [0.4, 0.5) is 0 Å². The molecule has 35 heavy (non-hydrogen) atoms. The molecule has 1 saturated heterocycles. The Morgan fingerprint density at radius 1 is 0.914 bits per heavy atom. The summed E-state index contributed by atoms with van der Waals surface area (Å²) in [5.41, 5.74) is 6.22. The van der Waals surface area contributed by atoms with E-state index >= 15 is 0 Å². The highest BCUT2D eigenvalue weighted by molar-refractivity contribution is 5.85. The summed E-state index contributed by atoms with van der Waals surface area (Å²) in [6, 6.07) is 5.85. The van der Waals surface area contributed by atoms with E-state index in [2.05, 4.69) is 45.1 Å². The Morgan fingerprint density at radius 2 is 1.74 bits per heavy atom. The lowest BCUT2D eigenvalue weighted by Crippen LogP contribution is -2.45. The van der Waals surface area contributed by atoms with E-state index in [4.69, 9.17) is 9.72 Å². The van der Waals surface area contributed by atoms with E-state index in [0.29, 0.717) is 12.5 Å². The zero-order valence-electron chi connectivity index (χ0n) is 20.0. The summed E-state index contributed by atoms with van der Waals surface area (Å²) in [6.07, 6.45) is 12.7. The van der Waals surface area contributed by atoms with E-state index in [0.717, 1.165) is 71.9 Å². The van der Waals surface area contributed by atoms with Crippen LogP contribution in [0.1, 0.15) is 11.3 Å². The standard InChI is InChI=1S/C27H29N7O/c1-4-22-23(8-9-28-25(22)5-2)24-18-31-34-19-21(17-30-27(24)34)20-6-7-26(29-16-20)35-15-14-33-12-10-32(3)11-13-33/h4-9,16-19H,1-2,10-15H2,3H3. The van der Waals surface area contributed by atoms with Crippen molar-refractivity contribution in [3.8, 4) is 28.1 Å². The van der Waals surface area contributed by atoms with E-state index in [1.807, 2.05) is 43.0 Å². The predicted octanol–water partition coefficient (Wildman–Crippen LogP) is 3.77. The molecule has 1 aliphatic heterocycles. The van der Waals surface area contributed by atoms with Gasteiger partial charge in [-0.2, -0.15) is 5.10 Å². The van der Waals surface area contributed by atoms with Gasteiger partial charge in [-0.1, -0.05) is 19.2 Å². The Morgan fingerprint density at radius 3 is 2.49 bits per heavy atom. The number of hydrogen-bond donors (Lipinski definition) is 0. The summed E-state index contributed by atoms with van der Waals surface area (Å²) in [6.45, 7) is 13.7. The fourth-order valence-electron chi connectivity index (χ4n) is 4.30. The van der Waals surface area contributed by atoms with Gasteiger partial charge in [-0.3, -0.25) is 9.88 Å². The largest absolute Gasteiger partial charge is 0.476 e. The van der Waals surface area contributed by atoms with Crippen molar-refractivity contribution in [3.63, 3.8) is 0 Å². The minimum atomic E-state index is 0.631. The van der Waals surface area contributed by atoms with Crippen LogP contribution in [0.3, 0.4) is 0 Å². The van der Waals surface area contributed by atoms with Crippen LogP contribution in [0.25, 0.3) is 40.1 Å². The molecule has 0 atom stereocenters. The second-order valence-electron chi connectivity index (χ2n) is 8.61. The molecule has 0 bridgehead atoms. The molecule has 0 spiro atoms. The molecule has 0 saturated carbocycles. The summed E-state index contributed by atoms with van der Waals surface area (Å²) in [5.74, 6) is 0.631.